The number of piperidine rings is 1. The summed E-state index contributed by atoms with van der Waals surface area (Å²) in [6.07, 6.45) is 6.47. The molecule has 0 aromatic carbocycles. The van der Waals surface area contributed by atoms with Crippen LogP contribution in [0.3, 0.4) is 0 Å². The van der Waals surface area contributed by atoms with Gasteiger partial charge in [0.1, 0.15) is 17.5 Å². The number of hydrogen-bond acceptors (Lipinski definition) is 5. The monoisotopic (exact) mass is 275 g/mol. The molecule has 2 aliphatic rings. The number of nitrogen functional groups attached to an aromatic ring is 1. The van der Waals surface area contributed by atoms with E-state index in [0.717, 1.165) is 30.3 Å². The molecule has 1 aliphatic heterocycles. The summed E-state index contributed by atoms with van der Waals surface area (Å²) in [6, 6.07) is 0. The van der Waals surface area contributed by atoms with Gasteiger partial charge in [-0.3, -0.25) is 0 Å². The number of nitrogens with two attached hydrogens (primary N) is 1. The SMILES string of the molecule is Cc1c(N)nc(C2CC2)nc1NCCN1CCCCC1. The Morgan fingerprint density at radius 1 is 1.20 bits per heavy atom. The van der Waals surface area contributed by atoms with Crippen LogP contribution in [0.5, 0.6) is 0 Å². The van der Waals surface area contributed by atoms with Crippen molar-refractivity contribution in [1.29, 1.82) is 0 Å². The van der Waals surface area contributed by atoms with Crippen LogP contribution in [-0.4, -0.2) is 41.0 Å². The van der Waals surface area contributed by atoms with Crippen molar-refractivity contribution in [2.24, 2.45) is 0 Å². The lowest BCUT2D eigenvalue weighted by Gasteiger charge is -2.26. The van der Waals surface area contributed by atoms with E-state index in [1.807, 2.05) is 6.92 Å². The summed E-state index contributed by atoms with van der Waals surface area (Å²) in [5.74, 6) is 3.02. The van der Waals surface area contributed by atoms with Crippen LogP contribution in [-0.2, 0) is 0 Å². The first-order valence-corrected chi connectivity index (χ1v) is 7.84. The molecule has 110 valence electrons. The fourth-order valence-corrected chi connectivity index (χ4v) is 2.76. The van der Waals surface area contributed by atoms with E-state index in [9.17, 15) is 0 Å². The third kappa shape index (κ3) is 3.20. The number of likely N-dealkylation sites (tertiary alicyclic amines) is 1. The van der Waals surface area contributed by atoms with E-state index in [0.29, 0.717) is 11.7 Å². The molecule has 2 fully saturated rings. The van der Waals surface area contributed by atoms with Gasteiger partial charge in [-0.05, 0) is 45.7 Å². The quantitative estimate of drug-likeness (QED) is 0.862. The molecule has 1 aliphatic carbocycles. The maximum atomic E-state index is 6.00. The Bertz CT molecular complexity index is 464. The lowest BCUT2D eigenvalue weighted by molar-refractivity contribution is 0.237. The molecule has 0 bridgehead atoms. The van der Waals surface area contributed by atoms with Gasteiger partial charge in [0.25, 0.3) is 0 Å². The van der Waals surface area contributed by atoms with Gasteiger partial charge in [-0.2, -0.15) is 0 Å². The Morgan fingerprint density at radius 2 is 1.95 bits per heavy atom. The first kappa shape index (κ1) is 13.6. The van der Waals surface area contributed by atoms with Gasteiger partial charge in [0.2, 0.25) is 0 Å². The minimum absolute atomic E-state index is 0.542. The van der Waals surface area contributed by atoms with Crippen LogP contribution in [0.4, 0.5) is 11.6 Å². The predicted octanol–water partition coefficient (Wildman–Crippen LogP) is 2.14. The minimum atomic E-state index is 0.542. The maximum Gasteiger partial charge on any atom is 0.136 e. The molecule has 0 amide bonds. The lowest BCUT2D eigenvalue weighted by atomic mass is 10.1. The fraction of sp³-hybridized carbons (Fsp3) is 0.733. The normalized spacial score (nSPS) is 20.1. The van der Waals surface area contributed by atoms with Crippen LogP contribution >= 0.6 is 0 Å². The Balaban J connectivity index is 1.58. The second-order valence-electron chi connectivity index (χ2n) is 6.04. The van der Waals surface area contributed by atoms with Crippen LogP contribution in [0.25, 0.3) is 0 Å². The first-order chi connectivity index (χ1) is 9.74. The molecule has 20 heavy (non-hydrogen) atoms. The lowest BCUT2D eigenvalue weighted by Crippen LogP contribution is -2.34. The van der Waals surface area contributed by atoms with Gasteiger partial charge >= 0.3 is 0 Å². The standard InChI is InChI=1S/C15H25N5/c1-11-13(16)18-15(12-5-6-12)19-14(11)17-7-10-20-8-3-2-4-9-20/h12H,2-10H2,1H3,(H3,16,17,18,19). The molecule has 1 saturated heterocycles. The average Bonchev–Trinajstić information content (AvgIpc) is 3.29. The van der Waals surface area contributed by atoms with E-state index in [1.165, 1.54) is 45.2 Å². The third-order valence-corrected chi connectivity index (χ3v) is 4.31. The topological polar surface area (TPSA) is 67.1 Å². The Hall–Kier alpha value is -1.36. The first-order valence-electron chi connectivity index (χ1n) is 7.84. The highest BCUT2D eigenvalue weighted by molar-refractivity contribution is 5.55. The summed E-state index contributed by atoms with van der Waals surface area (Å²) in [7, 11) is 0. The van der Waals surface area contributed by atoms with Crippen LogP contribution in [0, 0.1) is 6.92 Å². The van der Waals surface area contributed by atoms with E-state index in [-0.39, 0.29) is 0 Å². The number of hydrogen-bond donors (Lipinski definition) is 2. The van der Waals surface area contributed by atoms with E-state index >= 15 is 0 Å². The molecule has 1 aromatic heterocycles. The second kappa shape index (κ2) is 5.95. The van der Waals surface area contributed by atoms with E-state index in [4.69, 9.17) is 5.73 Å². The molecule has 2 heterocycles. The van der Waals surface area contributed by atoms with Crippen molar-refractivity contribution >= 4 is 11.6 Å². The van der Waals surface area contributed by atoms with Crippen molar-refractivity contribution < 1.29 is 0 Å². The molecule has 0 unspecified atom stereocenters. The summed E-state index contributed by atoms with van der Waals surface area (Å²) in [4.78, 5) is 11.6. The van der Waals surface area contributed by atoms with Crippen molar-refractivity contribution in [2.75, 3.05) is 37.2 Å². The average molecular weight is 275 g/mol. The largest absolute Gasteiger partial charge is 0.383 e. The van der Waals surface area contributed by atoms with Gasteiger partial charge in [-0.25, -0.2) is 9.97 Å². The van der Waals surface area contributed by atoms with Crippen molar-refractivity contribution in [3.05, 3.63) is 11.4 Å². The number of aromatic nitrogens is 2. The predicted molar refractivity (Wildman–Crippen MR) is 81.9 cm³/mol. The van der Waals surface area contributed by atoms with Gasteiger partial charge in [0, 0.05) is 24.6 Å². The zero-order valence-corrected chi connectivity index (χ0v) is 12.4. The summed E-state index contributed by atoms with van der Waals surface area (Å²) in [5, 5.41) is 3.45. The smallest absolute Gasteiger partial charge is 0.136 e. The maximum absolute atomic E-state index is 6.00. The van der Waals surface area contributed by atoms with E-state index in [1.54, 1.807) is 0 Å². The minimum Gasteiger partial charge on any atom is -0.383 e. The molecule has 0 spiro atoms. The van der Waals surface area contributed by atoms with Gasteiger partial charge in [-0.1, -0.05) is 6.42 Å². The second-order valence-corrected chi connectivity index (χ2v) is 6.04. The van der Waals surface area contributed by atoms with Crippen LogP contribution in [0.2, 0.25) is 0 Å². The van der Waals surface area contributed by atoms with Crippen LogP contribution < -0.4 is 11.1 Å². The van der Waals surface area contributed by atoms with Gasteiger partial charge in [0.15, 0.2) is 0 Å². The highest BCUT2D eigenvalue weighted by atomic mass is 15.2. The number of nitrogens with one attached hydrogen (secondary N) is 1. The molecule has 1 saturated carbocycles. The van der Waals surface area contributed by atoms with Crippen molar-refractivity contribution in [3.63, 3.8) is 0 Å². The van der Waals surface area contributed by atoms with Gasteiger partial charge in [0.05, 0.1) is 0 Å². The molecular weight excluding hydrogens is 250 g/mol. The fourth-order valence-electron chi connectivity index (χ4n) is 2.76. The Morgan fingerprint density at radius 3 is 2.65 bits per heavy atom. The summed E-state index contributed by atoms with van der Waals surface area (Å²) in [6.45, 7) is 6.48. The van der Waals surface area contributed by atoms with Gasteiger partial charge < -0.3 is 16.0 Å². The number of anilines is 2. The molecule has 0 atom stereocenters. The van der Waals surface area contributed by atoms with Crippen LogP contribution in [0.1, 0.15) is 49.4 Å². The van der Waals surface area contributed by atoms with Crippen molar-refractivity contribution in [1.82, 2.24) is 14.9 Å². The summed E-state index contributed by atoms with van der Waals surface area (Å²) in [5.41, 5.74) is 6.98. The molecular formula is C15H25N5. The van der Waals surface area contributed by atoms with Crippen LogP contribution in [0.15, 0.2) is 0 Å². The van der Waals surface area contributed by atoms with E-state index in [2.05, 4.69) is 20.2 Å². The zero-order chi connectivity index (χ0) is 13.9. The number of nitrogens with zero attached hydrogens (tertiary/aromatic N) is 3. The molecule has 0 radical (unpaired) electrons. The molecule has 5 heteroatoms. The highest BCUT2D eigenvalue weighted by Crippen LogP contribution is 2.39. The molecule has 5 nitrogen and oxygen atoms in total. The number of rotatable bonds is 5. The Labute approximate surface area is 121 Å². The third-order valence-electron chi connectivity index (χ3n) is 4.31. The summed E-state index contributed by atoms with van der Waals surface area (Å²) >= 11 is 0. The van der Waals surface area contributed by atoms with Gasteiger partial charge in [-0.15, -0.1) is 0 Å². The van der Waals surface area contributed by atoms with Crippen molar-refractivity contribution in [3.8, 4) is 0 Å². The summed E-state index contributed by atoms with van der Waals surface area (Å²) < 4.78 is 0. The molecule has 1 aromatic rings. The Kier molecular flexibility index (Phi) is 4.05. The van der Waals surface area contributed by atoms with E-state index < -0.39 is 0 Å². The zero-order valence-electron chi connectivity index (χ0n) is 12.4. The molecule has 3 N–H and O–H groups in total. The molecule has 3 rings (SSSR count). The van der Waals surface area contributed by atoms with Crippen molar-refractivity contribution in [2.45, 2.75) is 44.9 Å². The highest BCUT2D eigenvalue weighted by Gasteiger charge is 2.27.